The van der Waals surface area contributed by atoms with E-state index < -0.39 is 8.32 Å². The van der Waals surface area contributed by atoms with Gasteiger partial charge in [-0.3, -0.25) is 4.79 Å². The Morgan fingerprint density at radius 1 is 1.28 bits per heavy atom. The van der Waals surface area contributed by atoms with E-state index in [2.05, 4.69) is 59.0 Å². The predicted molar refractivity (Wildman–Crippen MR) is 119 cm³/mol. The smallest absolute Gasteiger partial charge is 0.308 e. The fraction of sp³-hybridized carbons (Fsp3) is 0.792. The van der Waals surface area contributed by atoms with Gasteiger partial charge in [-0.2, -0.15) is 0 Å². The lowest BCUT2D eigenvalue weighted by Gasteiger charge is -2.42. The van der Waals surface area contributed by atoms with Crippen molar-refractivity contribution in [3.8, 4) is 0 Å². The van der Waals surface area contributed by atoms with Gasteiger partial charge in [0.25, 0.3) is 0 Å². The number of carbonyl (C=O) groups is 1. The van der Waals surface area contributed by atoms with Crippen LogP contribution in [0, 0.1) is 17.8 Å². The van der Waals surface area contributed by atoms with Crippen LogP contribution < -0.4 is 0 Å². The van der Waals surface area contributed by atoms with Crippen molar-refractivity contribution >= 4 is 14.3 Å². The fourth-order valence-electron chi connectivity index (χ4n) is 4.93. The van der Waals surface area contributed by atoms with Crippen molar-refractivity contribution in [1.29, 1.82) is 0 Å². The number of rotatable bonds is 5. The molecule has 5 heteroatoms. The summed E-state index contributed by atoms with van der Waals surface area (Å²) in [4.78, 5) is 12.3. The summed E-state index contributed by atoms with van der Waals surface area (Å²) < 4.78 is 12.2. The van der Waals surface area contributed by atoms with Crippen molar-refractivity contribution in [2.24, 2.45) is 17.8 Å². The fourth-order valence-corrected chi connectivity index (χ4v) is 6.29. The highest BCUT2D eigenvalue weighted by Crippen LogP contribution is 2.43. The van der Waals surface area contributed by atoms with E-state index in [4.69, 9.17) is 9.16 Å². The predicted octanol–water partition coefficient (Wildman–Crippen LogP) is 5.38. The van der Waals surface area contributed by atoms with Crippen LogP contribution in [-0.4, -0.2) is 37.7 Å². The van der Waals surface area contributed by atoms with Gasteiger partial charge in [0.1, 0.15) is 6.10 Å². The minimum absolute atomic E-state index is 0.0263. The van der Waals surface area contributed by atoms with Crippen LogP contribution in [0.15, 0.2) is 23.8 Å². The Balaban J connectivity index is 1.62. The first-order valence-electron chi connectivity index (χ1n) is 11.4. The van der Waals surface area contributed by atoms with Crippen molar-refractivity contribution < 1.29 is 19.1 Å². The van der Waals surface area contributed by atoms with Crippen LogP contribution in [0.4, 0.5) is 0 Å². The van der Waals surface area contributed by atoms with Crippen molar-refractivity contribution in [3.63, 3.8) is 0 Å². The van der Waals surface area contributed by atoms with Crippen molar-refractivity contribution in [3.05, 3.63) is 23.8 Å². The molecule has 0 bridgehead atoms. The molecule has 4 nitrogen and oxygen atoms in total. The third-order valence-electron chi connectivity index (χ3n) is 7.68. The minimum Gasteiger partial charge on any atom is -0.462 e. The van der Waals surface area contributed by atoms with E-state index in [0.29, 0.717) is 18.3 Å². The van der Waals surface area contributed by atoms with Crippen LogP contribution in [0.1, 0.15) is 66.2 Å². The molecule has 0 saturated carbocycles. The Labute approximate surface area is 177 Å². The van der Waals surface area contributed by atoms with Gasteiger partial charge in [0, 0.05) is 12.3 Å². The van der Waals surface area contributed by atoms with Crippen LogP contribution in [0.25, 0.3) is 0 Å². The largest absolute Gasteiger partial charge is 0.462 e. The number of carbonyl (C=O) groups excluding carboxylic acids is 1. The summed E-state index contributed by atoms with van der Waals surface area (Å²) in [7, 11) is -1.91. The second kappa shape index (κ2) is 8.68. The maximum absolute atomic E-state index is 12.3. The monoisotopic (exact) mass is 420 g/mol. The highest BCUT2D eigenvalue weighted by Gasteiger charge is 2.42. The standard InChI is InChI=1S/C24H40O4Si/c1-16-10-11-17-8-7-9-21(25)23(17)20(16)13-12-18-14-19(15-22(26)27-18)28-29(5,6)24(2,3)4/h8,10-11,16,18-21,23,25H,7,9,12-15H2,1-6H3/t16-,18-,19-,20+,21+,23+/m1/s1. The number of fused-ring (bicyclic) bond motifs is 1. The molecule has 1 N–H and O–H groups in total. The lowest BCUT2D eigenvalue weighted by molar-refractivity contribution is -0.160. The molecule has 3 aliphatic rings. The van der Waals surface area contributed by atoms with E-state index in [1.54, 1.807) is 0 Å². The average Bonchev–Trinajstić information content (AvgIpc) is 2.59. The van der Waals surface area contributed by atoms with E-state index in [9.17, 15) is 9.90 Å². The number of cyclic esters (lactones) is 1. The quantitative estimate of drug-likeness (QED) is 0.479. The van der Waals surface area contributed by atoms with Gasteiger partial charge >= 0.3 is 5.97 Å². The molecule has 0 radical (unpaired) electrons. The zero-order chi connectivity index (χ0) is 21.4. The van der Waals surface area contributed by atoms with Crippen LogP contribution in [0.2, 0.25) is 18.1 Å². The van der Waals surface area contributed by atoms with Gasteiger partial charge in [-0.1, -0.05) is 45.9 Å². The summed E-state index contributed by atoms with van der Waals surface area (Å²) in [5.74, 6) is 0.938. The van der Waals surface area contributed by atoms with Gasteiger partial charge in [0.2, 0.25) is 0 Å². The van der Waals surface area contributed by atoms with E-state index in [0.717, 1.165) is 32.1 Å². The third kappa shape index (κ3) is 5.23. The van der Waals surface area contributed by atoms with Gasteiger partial charge in [-0.25, -0.2) is 0 Å². The molecule has 2 aliphatic carbocycles. The van der Waals surface area contributed by atoms with E-state index >= 15 is 0 Å². The number of hydrogen-bond donors (Lipinski definition) is 1. The second-order valence-electron chi connectivity index (χ2n) is 10.9. The molecule has 0 aromatic rings. The summed E-state index contributed by atoms with van der Waals surface area (Å²) in [6, 6.07) is 0. The molecule has 1 heterocycles. The number of ether oxygens (including phenoxy) is 1. The first kappa shape index (κ1) is 22.8. The molecule has 1 saturated heterocycles. The Hall–Kier alpha value is -0.913. The third-order valence-corrected chi connectivity index (χ3v) is 12.2. The highest BCUT2D eigenvalue weighted by molar-refractivity contribution is 6.74. The van der Waals surface area contributed by atoms with Crippen molar-refractivity contribution in [2.45, 2.75) is 103 Å². The molecule has 3 rings (SSSR count). The van der Waals surface area contributed by atoms with Gasteiger partial charge in [-0.05, 0) is 61.2 Å². The molecule has 6 atom stereocenters. The molecule has 1 fully saturated rings. The minimum atomic E-state index is -1.91. The van der Waals surface area contributed by atoms with Gasteiger partial charge < -0.3 is 14.3 Å². The SMILES string of the molecule is C[C@@H]1C=CC2=CCC[C@H](O)[C@@H]2[C@H]1CC[C@@H]1C[C@@H](O[Si](C)(C)C(C)(C)C)CC(=O)O1. The van der Waals surface area contributed by atoms with Gasteiger partial charge in [0.05, 0.1) is 18.6 Å². The van der Waals surface area contributed by atoms with Crippen LogP contribution in [0.5, 0.6) is 0 Å². The summed E-state index contributed by atoms with van der Waals surface area (Å²) in [6.45, 7) is 13.4. The first-order valence-corrected chi connectivity index (χ1v) is 14.3. The molecular formula is C24H40O4Si. The summed E-state index contributed by atoms with van der Waals surface area (Å²) >= 11 is 0. The second-order valence-corrected chi connectivity index (χ2v) is 15.6. The Morgan fingerprint density at radius 2 is 2.00 bits per heavy atom. The Bertz CT molecular complexity index is 660. The molecule has 0 unspecified atom stereocenters. The number of allylic oxidation sites excluding steroid dienone is 3. The van der Waals surface area contributed by atoms with Crippen molar-refractivity contribution in [1.82, 2.24) is 0 Å². The topological polar surface area (TPSA) is 55.8 Å². The Kier molecular flexibility index (Phi) is 6.81. The number of hydrogen-bond acceptors (Lipinski definition) is 4. The number of aliphatic hydroxyl groups is 1. The summed E-state index contributed by atoms with van der Waals surface area (Å²) in [5, 5.41) is 10.8. The molecule has 0 aromatic carbocycles. The Morgan fingerprint density at radius 3 is 2.69 bits per heavy atom. The first-order chi connectivity index (χ1) is 13.5. The van der Waals surface area contributed by atoms with Gasteiger partial charge in [-0.15, -0.1) is 0 Å². The summed E-state index contributed by atoms with van der Waals surface area (Å²) in [6.07, 6.45) is 11.2. The lowest BCUT2D eigenvalue weighted by atomic mass is 9.66. The van der Waals surface area contributed by atoms with Crippen molar-refractivity contribution in [2.75, 3.05) is 0 Å². The van der Waals surface area contributed by atoms with Crippen LogP contribution >= 0.6 is 0 Å². The molecule has 0 aromatic heterocycles. The maximum atomic E-state index is 12.3. The van der Waals surface area contributed by atoms with Crippen LogP contribution in [0.3, 0.4) is 0 Å². The summed E-state index contributed by atoms with van der Waals surface area (Å²) in [5.41, 5.74) is 1.30. The normalized spacial score (nSPS) is 35.7. The average molecular weight is 421 g/mol. The molecule has 164 valence electrons. The van der Waals surface area contributed by atoms with E-state index in [1.165, 1.54) is 5.57 Å². The molecule has 0 spiro atoms. The number of aliphatic hydroxyl groups excluding tert-OH is 1. The highest BCUT2D eigenvalue weighted by atomic mass is 28.4. The zero-order valence-corrected chi connectivity index (χ0v) is 20.1. The molecule has 29 heavy (non-hydrogen) atoms. The molecule has 1 aliphatic heterocycles. The maximum Gasteiger partial charge on any atom is 0.308 e. The lowest BCUT2D eigenvalue weighted by Crippen LogP contribution is -2.47. The van der Waals surface area contributed by atoms with Crippen LogP contribution in [-0.2, 0) is 14.0 Å². The molecular weight excluding hydrogens is 380 g/mol. The molecule has 0 amide bonds. The van der Waals surface area contributed by atoms with E-state index in [1.807, 2.05) is 0 Å². The number of esters is 1. The van der Waals surface area contributed by atoms with Gasteiger partial charge in [0.15, 0.2) is 8.32 Å². The zero-order valence-electron chi connectivity index (χ0n) is 19.1. The van der Waals surface area contributed by atoms with E-state index in [-0.39, 0.29) is 35.2 Å².